The van der Waals surface area contributed by atoms with Crippen molar-refractivity contribution in [1.29, 1.82) is 0 Å². The fourth-order valence-corrected chi connectivity index (χ4v) is 2.58. The molecule has 0 spiro atoms. The van der Waals surface area contributed by atoms with Crippen molar-refractivity contribution in [2.45, 2.75) is 13.3 Å². The number of carbonyl (C=O) groups is 1. The molecule has 106 valence electrons. The molecule has 0 amide bonds. The van der Waals surface area contributed by atoms with Gasteiger partial charge in [-0.3, -0.25) is 4.79 Å². The predicted octanol–water partition coefficient (Wildman–Crippen LogP) is 1.89. The van der Waals surface area contributed by atoms with Gasteiger partial charge in [-0.2, -0.15) is 0 Å². The summed E-state index contributed by atoms with van der Waals surface area (Å²) in [5, 5.41) is 4.34. The number of carbonyl (C=O) groups excluding carboxylic acids is 1. The Morgan fingerprint density at radius 3 is 2.90 bits per heavy atom. The SMILES string of the molecule is CCC(=O)Oc1c[nH]c2cccc(N3CCNCC3)c12. The maximum atomic E-state index is 11.6. The van der Waals surface area contributed by atoms with Gasteiger partial charge in [0.05, 0.1) is 10.9 Å². The fourth-order valence-electron chi connectivity index (χ4n) is 2.58. The Bertz CT molecular complexity index is 615. The number of benzene rings is 1. The molecule has 1 aliphatic heterocycles. The zero-order valence-electron chi connectivity index (χ0n) is 11.6. The molecule has 0 aliphatic carbocycles. The molecule has 0 unspecified atom stereocenters. The van der Waals surface area contributed by atoms with Gasteiger partial charge in [0.1, 0.15) is 0 Å². The second kappa shape index (κ2) is 5.54. The van der Waals surface area contributed by atoms with Crippen molar-refractivity contribution in [3.8, 4) is 5.75 Å². The number of piperazine rings is 1. The molecular weight excluding hydrogens is 254 g/mol. The largest absolute Gasteiger partial charge is 0.424 e. The van der Waals surface area contributed by atoms with Crippen molar-refractivity contribution in [2.24, 2.45) is 0 Å². The summed E-state index contributed by atoms with van der Waals surface area (Å²) >= 11 is 0. The zero-order chi connectivity index (χ0) is 13.9. The van der Waals surface area contributed by atoms with E-state index in [0.29, 0.717) is 12.2 Å². The number of aromatic nitrogens is 1. The van der Waals surface area contributed by atoms with Crippen LogP contribution in [0.2, 0.25) is 0 Å². The summed E-state index contributed by atoms with van der Waals surface area (Å²) in [4.78, 5) is 17.1. The van der Waals surface area contributed by atoms with Crippen LogP contribution in [0, 0.1) is 0 Å². The number of aromatic amines is 1. The molecule has 5 nitrogen and oxygen atoms in total. The van der Waals surface area contributed by atoms with E-state index in [2.05, 4.69) is 21.3 Å². The number of H-pyrrole nitrogens is 1. The summed E-state index contributed by atoms with van der Waals surface area (Å²) in [6.07, 6.45) is 2.15. The van der Waals surface area contributed by atoms with E-state index in [9.17, 15) is 4.79 Å². The number of anilines is 1. The molecule has 0 radical (unpaired) electrons. The highest BCUT2D eigenvalue weighted by molar-refractivity contribution is 5.99. The smallest absolute Gasteiger partial charge is 0.310 e. The monoisotopic (exact) mass is 273 g/mol. The van der Waals surface area contributed by atoms with Crippen LogP contribution in [0.1, 0.15) is 13.3 Å². The normalized spacial score (nSPS) is 15.6. The van der Waals surface area contributed by atoms with E-state index in [0.717, 1.165) is 42.8 Å². The summed E-state index contributed by atoms with van der Waals surface area (Å²) in [5.74, 6) is 0.419. The molecule has 2 aromatic rings. The van der Waals surface area contributed by atoms with Crippen LogP contribution >= 0.6 is 0 Å². The molecule has 3 rings (SSSR count). The van der Waals surface area contributed by atoms with Gasteiger partial charge in [-0.05, 0) is 12.1 Å². The molecule has 1 fully saturated rings. The Labute approximate surface area is 117 Å². The summed E-state index contributed by atoms with van der Waals surface area (Å²) in [6.45, 7) is 5.68. The van der Waals surface area contributed by atoms with Crippen molar-refractivity contribution in [1.82, 2.24) is 10.3 Å². The number of hydrogen-bond acceptors (Lipinski definition) is 4. The standard InChI is InChI=1S/C15H19N3O2/c1-2-14(19)20-13-10-17-11-4-3-5-12(15(11)13)18-8-6-16-7-9-18/h3-5,10,16-17H,2,6-9H2,1H3. The second-order valence-electron chi connectivity index (χ2n) is 4.92. The van der Waals surface area contributed by atoms with Gasteiger partial charge in [-0.1, -0.05) is 13.0 Å². The second-order valence-corrected chi connectivity index (χ2v) is 4.92. The molecule has 2 N–H and O–H groups in total. The summed E-state index contributed by atoms with van der Waals surface area (Å²) < 4.78 is 5.44. The molecule has 1 aromatic carbocycles. The van der Waals surface area contributed by atoms with Crippen molar-refractivity contribution in [3.63, 3.8) is 0 Å². The maximum absolute atomic E-state index is 11.6. The molecule has 0 atom stereocenters. The molecule has 1 saturated heterocycles. The van der Waals surface area contributed by atoms with E-state index >= 15 is 0 Å². The summed E-state index contributed by atoms with van der Waals surface area (Å²) in [5.41, 5.74) is 2.13. The topological polar surface area (TPSA) is 57.4 Å². The number of rotatable bonds is 3. The van der Waals surface area contributed by atoms with E-state index in [1.165, 1.54) is 0 Å². The van der Waals surface area contributed by atoms with Crippen molar-refractivity contribution in [3.05, 3.63) is 24.4 Å². The minimum absolute atomic E-state index is 0.207. The molecule has 20 heavy (non-hydrogen) atoms. The average molecular weight is 273 g/mol. The molecule has 5 heteroatoms. The van der Waals surface area contributed by atoms with Crippen LogP contribution in [0.25, 0.3) is 10.9 Å². The van der Waals surface area contributed by atoms with Crippen LogP contribution < -0.4 is 15.0 Å². The van der Waals surface area contributed by atoms with Gasteiger partial charge in [0.15, 0.2) is 5.75 Å². The molecule has 2 heterocycles. The highest BCUT2D eigenvalue weighted by Gasteiger charge is 2.18. The Kier molecular flexibility index (Phi) is 3.60. The number of hydrogen-bond donors (Lipinski definition) is 2. The van der Waals surface area contributed by atoms with E-state index in [1.807, 2.05) is 12.1 Å². The van der Waals surface area contributed by atoms with Crippen LogP contribution in [0.5, 0.6) is 5.75 Å². The first-order chi connectivity index (χ1) is 9.79. The van der Waals surface area contributed by atoms with Crippen LogP contribution in [-0.2, 0) is 4.79 Å². The molecular formula is C15H19N3O2. The van der Waals surface area contributed by atoms with Crippen LogP contribution in [0.15, 0.2) is 24.4 Å². The number of fused-ring (bicyclic) bond motifs is 1. The Morgan fingerprint density at radius 1 is 1.35 bits per heavy atom. The Balaban J connectivity index is 2.02. The third kappa shape index (κ3) is 2.36. The highest BCUT2D eigenvalue weighted by Crippen LogP contribution is 2.34. The molecule has 1 aliphatic rings. The van der Waals surface area contributed by atoms with Gasteiger partial charge in [0, 0.05) is 44.5 Å². The van der Waals surface area contributed by atoms with Gasteiger partial charge in [0.25, 0.3) is 0 Å². The van der Waals surface area contributed by atoms with Gasteiger partial charge in [0.2, 0.25) is 0 Å². The lowest BCUT2D eigenvalue weighted by Crippen LogP contribution is -2.43. The van der Waals surface area contributed by atoms with Gasteiger partial charge in [-0.15, -0.1) is 0 Å². The first kappa shape index (κ1) is 13.0. The zero-order valence-corrected chi connectivity index (χ0v) is 11.6. The van der Waals surface area contributed by atoms with Crippen LogP contribution in [0.3, 0.4) is 0 Å². The number of nitrogens with one attached hydrogen (secondary N) is 2. The number of nitrogens with zero attached hydrogens (tertiary/aromatic N) is 1. The first-order valence-electron chi connectivity index (χ1n) is 7.06. The highest BCUT2D eigenvalue weighted by atomic mass is 16.5. The van der Waals surface area contributed by atoms with Gasteiger partial charge in [-0.25, -0.2) is 0 Å². The Morgan fingerprint density at radius 2 is 2.15 bits per heavy atom. The number of esters is 1. The summed E-state index contributed by atoms with van der Waals surface area (Å²) in [7, 11) is 0. The minimum Gasteiger partial charge on any atom is -0.424 e. The predicted molar refractivity (Wildman–Crippen MR) is 79.3 cm³/mol. The average Bonchev–Trinajstić information content (AvgIpc) is 2.91. The third-order valence-corrected chi connectivity index (χ3v) is 3.62. The van der Waals surface area contributed by atoms with Crippen molar-refractivity contribution in [2.75, 3.05) is 31.1 Å². The molecule has 1 aromatic heterocycles. The quantitative estimate of drug-likeness (QED) is 0.839. The van der Waals surface area contributed by atoms with E-state index < -0.39 is 0 Å². The van der Waals surface area contributed by atoms with E-state index in [4.69, 9.17) is 4.74 Å². The molecule has 0 bridgehead atoms. The van der Waals surface area contributed by atoms with Gasteiger partial charge < -0.3 is 19.9 Å². The van der Waals surface area contributed by atoms with Crippen LogP contribution in [0.4, 0.5) is 5.69 Å². The maximum Gasteiger partial charge on any atom is 0.310 e. The molecule has 0 saturated carbocycles. The lowest BCUT2D eigenvalue weighted by Gasteiger charge is -2.30. The Hall–Kier alpha value is -2.01. The number of ether oxygens (including phenoxy) is 1. The van der Waals surface area contributed by atoms with Crippen LogP contribution in [-0.4, -0.2) is 37.1 Å². The summed E-state index contributed by atoms with van der Waals surface area (Å²) in [6, 6.07) is 6.12. The van der Waals surface area contributed by atoms with Crippen molar-refractivity contribution >= 4 is 22.6 Å². The lowest BCUT2D eigenvalue weighted by molar-refractivity contribution is -0.133. The first-order valence-corrected chi connectivity index (χ1v) is 7.06. The lowest BCUT2D eigenvalue weighted by atomic mass is 10.1. The third-order valence-electron chi connectivity index (χ3n) is 3.62. The van der Waals surface area contributed by atoms with Gasteiger partial charge >= 0.3 is 5.97 Å². The minimum atomic E-state index is -0.207. The van der Waals surface area contributed by atoms with Crippen molar-refractivity contribution < 1.29 is 9.53 Å². The van der Waals surface area contributed by atoms with E-state index in [1.54, 1.807) is 13.1 Å². The fraction of sp³-hybridized carbons (Fsp3) is 0.400. The van der Waals surface area contributed by atoms with E-state index in [-0.39, 0.29) is 5.97 Å².